The van der Waals surface area contributed by atoms with Crippen LogP contribution in [-0.4, -0.2) is 15.0 Å². The van der Waals surface area contributed by atoms with Crippen molar-refractivity contribution in [1.29, 1.82) is 0 Å². The van der Waals surface area contributed by atoms with Crippen LogP contribution in [0, 0.1) is 6.92 Å². The molecule has 0 aliphatic heterocycles. The van der Waals surface area contributed by atoms with Crippen molar-refractivity contribution in [2.24, 2.45) is 0 Å². The van der Waals surface area contributed by atoms with Gasteiger partial charge in [0.15, 0.2) is 5.15 Å². The summed E-state index contributed by atoms with van der Waals surface area (Å²) >= 11 is 12.3. The highest BCUT2D eigenvalue weighted by Gasteiger charge is 2.12. The molecule has 5 heteroatoms. The van der Waals surface area contributed by atoms with Crippen molar-refractivity contribution in [2.45, 2.75) is 13.5 Å². The van der Waals surface area contributed by atoms with E-state index in [0.717, 1.165) is 11.1 Å². The Bertz CT molecular complexity index is 746. The second-order valence-electron chi connectivity index (χ2n) is 4.88. The Hall–Kier alpha value is -1.84. The van der Waals surface area contributed by atoms with Gasteiger partial charge in [-0.1, -0.05) is 70.4 Å². The van der Waals surface area contributed by atoms with Gasteiger partial charge >= 0.3 is 0 Å². The van der Waals surface area contributed by atoms with Crippen LogP contribution < -0.4 is 0 Å². The van der Waals surface area contributed by atoms with Crippen molar-refractivity contribution in [1.82, 2.24) is 15.0 Å². The van der Waals surface area contributed by atoms with Crippen LogP contribution in [0.3, 0.4) is 0 Å². The lowest BCUT2D eigenvalue weighted by atomic mass is 10.1. The molecule has 21 heavy (non-hydrogen) atoms. The van der Waals surface area contributed by atoms with Crippen molar-refractivity contribution in [3.8, 4) is 11.3 Å². The molecule has 0 amide bonds. The van der Waals surface area contributed by atoms with E-state index < -0.39 is 0 Å². The first kappa shape index (κ1) is 14.1. The summed E-state index contributed by atoms with van der Waals surface area (Å²) in [5, 5.41) is 9.51. The summed E-state index contributed by atoms with van der Waals surface area (Å²) in [4.78, 5) is 0. The lowest BCUT2D eigenvalue weighted by Crippen LogP contribution is -2.02. The quantitative estimate of drug-likeness (QED) is 0.706. The maximum absolute atomic E-state index is 6.38. The summed E-state index contributed by atoms with van der Waals surface area (Å²) in [5.74, 6) is 0. The molecule has 3 nitrogen and oxygen atoms in total. The van der Waals surface area contributed by atoms with Crippen LogP contribution >= 0.6 is 23.2 Å². The van der Waals surface area contributed by atoms with E-state index in [-0.39, 0.29) is 0 Å². The maximum atomic E-state index is 6.38. The Morgan fingerprint density at radius 1 is 0.952 bits per heavy atom. The summed E-state index contributed by atoms with van der Waals surface area (Å²) < 4.78 is 1.69. The third-order valence-electron chi connectivity index (χ3n) is 3.25. The fraction of sp³-hybridized carbons (Fsp3) is 0.125. The number of benzene rings is 2. The molecule has 0 atom stereocenters. The predicted octanol–water partition coefficient (Wildman–Crippen LogP) is 4.61. The van der Waals surface area contributed by atoms with Gasteiger partial charge in [-0.15, -0.1) is 5.10 Å². The zero-order chi connectivity index (χ0) is 14.8. The van der Waals surface area contributed by atoms with Gasteiger partial charge in [0.25, 0.3) is 0 Å². The largest absolute Gasteiger partial charge is 0.229 e. The average molecular weight is 318 g/mol. The molecule has 1 aromatic heterocycles. The number of halogens is 2. The summed E-state index contributed by atoms with van der Waals surface area (Å²) in [7, 11) is 0. The molecule has 0 N–H and O–H groups in total. The Morgan fingerprint density at radius 3 is 2.29 bits per heavy atom. The first-order valence-corrected chi connectivity index (χ1v) is 7.29. The van der Waals surface area contributed by atoms with Crippen LogP contribution in [0.4, 0.5) is 0 Å². The van der Waals surface area contributed by atoms with E-state index in [0.29, 0.717) is 22.4 Å². The zero-order valence-corrected chi connectivity index (χ0v) is 12.9. The average Bonchev–Trinajstić information content (AvgIpc) is 2.84. The third kappa shape index (κ3) is 3.09. The fourth-order valence-electron chi connectivity index (χ4n) is 2.05. The van der Waals surface area contributed by atoms with Crippen molar-refractivity contribution >= 4 is 23.2 Å². The number of hydrogen-bond acceptors (Lipinski definition) is 2. The van der Waals surface area contributed by atoms with Crippen LogP contribution in [0.2, 0.25) is 10.2 Å². The van der Waals surface area contributed by atoms with Gasteiger partial charge in [-0.05, 0) is 24.6 Å². The summed E-state index contributed by atoms with van der Waals surface area (Å²) in [6.45, 7) is 2.66. The van der Waals surface area contributed by atoms with E-state index in [1.165, 1.54) is 5.56 Å². The van der Waals surface area contributed by atoms with E-state index in [9.17, 15) is 0 Å². The van der Waals surface area contributed by atoms with Crippen molar-refractivity contribution in [3.63, 3.8) is 0 Å². The summed E-state index contributed by atoms with van der Waals surface area (Å²) in [5.41, 5.74) is 3.93. The van der Waals surface area contributed by atoms with Crippen LogP contribution in [0.5, 0.6) is 0 Å². The molecule has 0 bridgehead atoms. The minimum Gasteiger partial charge on any atom is -0.229 e. The van der Waals surface area contributed by atoms with Crippen LogP contribution in [0.1, 0.15) is 11.1 Å². The smallest absolute Gasteiger partial charge is 0.155 e. The Balaban J connectivity index is 1.88. The lowest BCUT2D eigenvalue weighted by molar-refractivity contribution is 0.650. The topological polar surface area (TPSA) is 30.7 Å². The van der Waals surface area contributed by atoms with E-state index in [1.54, 1.807) is 4.68 Å². The Morgan fingerprint density at radius 2 is 1.62 bits per heavy atom. The molecule has 0 aliphatic carbocycles. The highest BCUT2D eigenvalue weighted by molar-refractivity contribution is 6.32. The van der Waals surface area contributed by atoms with E-state index in [2.05, 4.69) is 41.5 Å². The maximum Gasteiger partial charge on any atom is 0.155 e. The monoisotopic (exact) mass is 317 g/mol. The number of hydrogen-bond donors (Lipinski definition) is 0. The van der Waals surface area contributed by atoms with Crippen LogP contribution in [0.15, 0.2) is 48.5 Å². The molecule has 0 radical (unpaired) electrons. The number of aryl methyl sites for hydroxylation is 1. The van der Waals surface area contributed by atoms with Gasteiger partial charge < -0.3 is 0 Å². The fourth-order valence-corrected chi connectivity index (χ4v) is 2.42. The Kier molecular flexibility index (Phi) is 3.95. The number of aromatic nitrogens is 3. The predicted molar refractivity (Wildman–Crippen MR) is 85.8 cm³/mol. The molecule has 3 aromatic rings. The molecular weight excluding hydrogens is 305 g/mol. The van der Waals surface area contributed by atoms with Crippen LogP contribution in [0.25, 0.3) is 11.3 Å². The number of rotatable bonds is 3. The molecule has 0 saturated carbocycles. The lowest BCUT2D eigenvalue weighted by Gasteiger charge is -2.03. The standard InChI is InChI=1S/C16H13Cl2N3/c1-11-2-4-12(5-3-11)10-21-16(18)15(19-20-21)13-6-8-14(17)9-7-13/h2-9H,10H2,1H3. The van der Waals surface area contributed by atoms with Gasteiger partial charge in [-0.2, -0.15) is 0 Å². The molecule has 3 rings (SSSR count). The molecule has 0 saturated heterocycles. The molecule has 0 fully saturated rings. The van der Waals surface area contributed by atoms with E-state index in [1.807, 2.05) is 24.3 Å². The SMILES string of the molecule is Cc1ccc(Cn2nnc(-c3ccc(Cl)cc3)c2Cl)cc1. The van der Waals surface area contributed by atoms with Crippen molar-refractivity contribution < 1.29 is 0 Å². The normalized spacial score (nSPS) is 10.8. The zero-order valence-electron chi connectivity index (χ0n) is 11.4. The van der Waals surface area contributed by atoms with Crippen molar-refractivity contribution in [2.75, 3.05) is 0 Å². The molecule has 106 valence electrons. The molecule has 2 aromatic carbocycles. The first-order chi connectivity index (χ1) is 10.1. The molecular formula is C16H13Cl2N3. The van der Waals surface area contributed by atoms with Gasteiger partial charge in [0, 0.05) is 10.6 Å². The van der Waals surface area contributed by atoms with Crippen molar-refractivity contribution in [3.05, 3.63) is 69.8 Å². The number of nitrogens with zero attached hydrogens (tertiary/aromatic N) is 3. The minimum atomic E-state index is 0.526. The highest BCUT2D eigenvalue weighted by Crippen LogP contribution is 2.26. The molecule has 0 spiro atoms. The minimum absolute atomic E-state index is 0.526. The van der Waals surface area contributed by atoms with Gasteiger partial charge in [0.1, 0.15) is 5.69 Å². The second-order valence-corrected chi connectivity index (χ2v) is 5.67. The molecule has 1 heterocycles. The van der Waals surface area contributed by atoms with E-state index in [4.69, 9.17) is 23.2 Å². The summed E-state index contributed by atoms with van der Waals surface area (Å²) in [6.07, 6.45) is 0. The molecule has 0 unspecified atom stereocenters. The van der Waals surface area contributed by atoms with E-state index >= 15 is 0 Å². The van der Waals surface area contributed by atoms with Gasteiger partial charge in [0.05, 0.1) is 6.54 Å². The van der Waals surface area contributed by atoms with Crippen LogP contribution in [-0.2, 0) is 6.54 Å². The third-order valence-corrected chi connectivity index (χ3v) is 3.87. The van der Waals surface area contributed by atoms with Gasteiger partial charge in [-0.3, -0.25) is 0 Å². The van der Waals surface area contributed by atoms with Gasteiger partial charge in [-0.25, -0.2) is 4.68 Å². The van der Waals surface area contributed by atoms with Gasteiger partial charge in [0.2, 0.25) is 0 Å². The highest BCUT2D eigenvalue weighted by atomic mass is 35.5. The molecule has 0 aliphatic rings. The second kappa shape index (κ2) is 5.88. The Labute approximate surface area is 133 Å². The first-order valence-electron chi connectivity index (χ1n) is 6.54. The summed E-state index contributed by atoms with van der Waals surface area (Å²) in [6, 6.07) is 15.7.